The molecule has 284 valence electrons. The minimum atomic E-state index is -0.475. The van der Waals surface area contributed by atoms with Crippen molar-refractivity contribution in [3.8, 4) is 28.5 Å². The van der Waals surface area contributed by atoms with Gasteiger partial charge in [0.1, 0.15) is 30.3 Å². The molecule has 2 amide bonds. The highest BCUT2D eigenvalue weighted by molar-refractivity contribution is 6.02. The predicted octanol–water partition coefficient (Wildman–Crippen LogP) is 7.60. The van der Waals surface area contributed by atoms with E-state index in [9.17, 15) is 14.7 Å². The van der Waals surface area contributed by atoms with Gasteiger partial charge in [0.15, 0.2) is 0 Å². The molecule has 9 nitrogen and oxygen atoms in total. The Kier molecular flexibility index (Phi) is 9.77. The Labute approximate surface area is 327 Å². The lowest BCUT2D eigenvalue weighted by Gasteiger charge is -2.35. The molecule has 0 radical (unpaired) electrons. The van der Waals surface area contributed by atoms with Gasteiger partial charge in [-0.05, 0) is 114 Å². The number of hydrogen-bond acceptors (Lipinski definition) is 7. The van der Waals surface area contributed by atoms with Gasteiger partial charge in [-0.1, -0.05) is 61.2 Å². The Hall–Kier alpha value is -5.93. The number of aromatic nitrogens is 1. The lowest BCUT2D eigenvalue weighted by Crippen LogP contribution is -2.49. The second-order valence-electron chi connectivity index (χ2n) is 15.5. The highest BCUT2D eigenvalue weighted by atomic mass is 16.5. The standard InChI is InChI=1S/C47H46N4O5/c1-30-7-19-43(46(53)49-30)51-28-36-25-33(10-17-42(36)47(51)54)35-12-20-44(48-27-35)56-39-21-22-50(29-39)23-24-55-38-14-8-32(9-15-38)45-40(31-5-3-2-4-6-31)16-11-34-26-37(52)13-18-41(34)45/h2-6,8-10,12-15,17-18,20,25-27,39-40,43,45,52H,1,7,11,16,19,21-24,28-29H2,(H,49,53)/t39-,40-,43?,45+/m1/s1. The fourth-order valence-electron chi connectivity index (χ4n) is 9.06. The molecule has 4 aromatic carbocycles. The van der Waals surface area contributed by atoms with Crippen LogP contribution in [0.25, 0.3) is 11.1 Å². The summed E-state index contributed by atoms with van der Waals surface area (Å²) in [5.74, 6) is 2.09. The maximum Gasteiger partial charge on any atom is 0.255 e. The first-order valence-electron chi connectivity index (χ1n) is 19.7. The Morgan fingerprint density at radius 3 is 2.48 bits per heavy atom. The summed E-state index contributed by atoms with van der Waals surface area (Å²) in [6, 6.07) is 34.4. The number of phenolic OH excluding ortho intramolecular Hbond substituents is 1. The second kappa shape index (κ2) is 15.3. The Morgan fingerprint density at radius 1 is 0.839 bits per heavy atom. The summed E-state index contributed by atoms with van der Waals surface area (Å²) >= 11 is 0. The zero-order valence-corrected chi connectivity index (χ0v) is 31.4. The predicted molar refractivity (Wildman–Crippen MR) is 215 cm³/mol. The monoisotopic (exact) mass is 746 g/mol. The molecule has 56 heavy (non-hydrogen) atoms. The van der Waals surface area contributed by atoms with Crippen LogP contribution in [0.15, 0.2) is 122 Å². The smallest absolute Gasteiger partial charge is 0.255 e. The topological polar surface area (TPSA) is 104 Å². The van der Waals surface area contributed by atoms with Crippen molar-refractivity contribution in [1.82, 2.24) is 20.1 Å². The van der Waals surface area contributed by atoms with Crippen molar-refractivity contribution < 1.29 is 24.2 Å². The first-order valence-corrected chi connectivity index (χ1v) is 19.7. The van der Waals surface area contributed by atoms with Gasteiger partial charge in [-0.25, -0.2) is 4.98 Å². The first-order chi connectivity index (χ1) is 27.4. The number of phenols is 1. The number of hydrogen-bond donors (Lipinski definition) is 2. The van der Waals surface area contributed by atoms with E-state index in [-0.39, 0.29) is 23.8 Å². The summed E-state index contributed by atoms with van der Waals surface area (Å²) < 4.78 is 12.5. The fraction of sp³-hybridized carbons (Fsp3) is 0.298. The molecule has 4 heterocycles. The fourth-order valence-corrected chi connectivity index (χ4v) is 9.06. The number of aryl methyl sites for hydroxylation is 1. The van der Waals surface area contributed by atoms with Gasteiger partial charge in [-0.3, -0.25) is 14.5 Å². The molecule has 2 fully saturated rings. The summed E-state index contributed by atoms with van der Waals surface area (Å²) in [5.41, 5.74) is 9.30. The van der Waals surface area contributed by atoms with Gasteiger partial charge in [0.25, 0.3) is 5.91 Å². The van der Waals surface area contributed by atoms with Crippen molar-refractivity contribution in [3.63, 3.8) is 0 Å². The van der Waals surface area contributed by atoms with E-state index in [0.29, 0.717) is 54.8 Å². The molecule has 1 aliphatic carbocycles. The van der Waals surface area contributed by atoms with Gasteiger partial charge in [-0.15, -0.1) is 0 Å². The van der Waals surface area contributed by atoms with E-state index in [1.54, 1.807) is 4.90 Å². The molecule has 0 saturated carbocycles. The number of amides is 2. The molecule has 9 heteroatoms. The molecule has 3 aliphatic heterocycles. The van der Waals surface area contributed by atoms with Crippen LogP contribution in [0.2, 0.25) is 0 Å². The zero-order valence-electron chi connectivity index (χ0n) is 31.4. The normalized spacial score (nSPS) is 22.1. The number of allylic oxidation sites excluding steroid dienone is 1. The number of nitrogens with zero attached hydrogens (tertiary/aromatic N) is 3. The van der Waals surface area contributed by atoms with Crippen molar-refractivity contribution in [3.05, 3.63) is 155 Å². The third-order valence-electron chi connectivity index (χ3n) is 12.0. The Balaban J connectivity index is 0.768. The number of piperidine rings is 1. The van der Waals surface area contributed by atoms with Crippen LogP contribution in [0.3, 0.4) is 0 Å². The van der Waals surface area contributed by atoms with E-state index in [4.69, 9.17) is 9.47 Å². The SMILES string of the molecule is C=C1CCC(N2Cc3cc(-c4ccc(O[C@@H]5CCN(CCOc6ccc([C@@H]7c8ccc(O)cc8CC[C@@H]7c7ccccc7)cc6)C5)nc4)ccc3C2=O)C(=O)N1. The summed E-state index contributed by atoms with van der Waals surface area (Å²) in [6.07, 6.45) is 6.04. The molecular weight excluding hydrogens is 701 g/mol. The second-order valence-corrected chi connectivity index (χ2v) is 15.5. The summed E-state index contributed by atoms with van der Waals surface area (Å²) in [4.78, 5) is 34.4. The minimum Gasteiger partial charge on any atom is -0.508 e. The van der Waals surface area contributed by atoms with Gasteiger partial charge in [0.2, 0.25) is 11.8 Å². The number of ether oxygens (including phenoxy) is 2. The van der Waals surface area contributed by atoms with E-state index in [1.807, 2.05) is 48.7 Å². The Morgan fingerprint density at radius 2 is 1.68 bits per heavy atom. The third-order valence-corrected chi connectivity index (χ3v) is 12.0. The van der Waals surface area contributed by atoms with Crippen molar-refractivity contribution in [2.45, 2.75) is 62.6 Å². The molecule has 2 N–H and O–H groups in total. The molecule has 2 saturated heterocycles. The molecule has 4 aliphatic rings. The van der Waals surface area contributed by atoms with Crippen LogP contribution in [0.4, 0.5) is 0 Å². The molecule has 5 aromatic rings. The average molecular weight is 747 g/mol. The van der Waals surface area contributed by atoms with Gasteiger partial charge >= 0.3 is 0 Å². The molecule has 1 aromatic heterocycles. The summed E-state index contributed by atoms with van der Waals surface area (Å²) in [7, 11) is 0. The van der Waals surface area contributed by atoms with Crippen LogP contribution in [-0.4, -0.2) is 70.1 Å². The molecule has 0 bridgehead atoms. The van der Waals surface area contributed by atoms with Gasteiger partial charge in [0, 0.05) is 61.2 Å². The number of nitrogens with one attached hydrogen (secondary N) is 1. The van der Waals surface area contributed by atoms with Gasteiger partial charge < -0.3 is 24.8 Å². The lowest BCUT2D eigenvalue weighted by molar-refractivity contribution is -0.126. The molecule has 9 rings (SSSR count). The average Bonchev–Trinajstić information content (AvgIpc) is 3.81. The van der Waals surface area contributed by atoms with Crippen LogP contribution in [-0.2, 0) is 17.8 Å². The molecule has 1 unspecified atom stereocenters. The van der Waals surface area contributed by atoms with E-state index >= 15 is 0 Å². The molecule has 0 spiro atoms. The molecular formula is C47H46N4O5. The largest absolute Gasteiger partial charge is 0.508 e. The quantitative estimate of drug-likeness (QED) is 0.152. The van der Waals surface area contributed by atoms with Crippen molar-refractivity contribution in [2.24, 2.45) is 0 Å². The summed E-state index contributed by atoms with van der Waals surface area (Å²) in [6.45, 7) is 7.41. The number of aromatic hydroxyl groups is 1. The van der Waals surface area contributed by atoms with Crippen LogP contribution in [0.5, 0.6) is 17.4 Å². The van der Waals surface area contributed by atoms with E-state index in [1.165, 1.54) is 22.3 Å². The number of carbonyl (C=O) groups excluding carboxylic acids is 2. The maximum absolute atomic E-state index is 13.2. The highest BCUT2D eigenvalue weighted by Crippen LogP contribution is 2.47. The Bertz CT molecular complexity index is 2260. The summed E-state index contributed by atoms with van der Waals surface area (Å²) in [5, 5.41) is 13.0. The number of rotatable bonds is 10. The number of likely N-dealkylation sites (tertiary alicyclic amines) is 1. The maximum atomic E-state index is 13.2. The number of fused-ring (bicyclic) bond motifs is 2. The lowest BCUT2D eigenvalue weighted by atomic mass is 9.69. The first kappa shape index (κ1) is 35.8. The number of benzene rings is 4. The van der Waals surface area contributed by atoms with Crippen LogP contribution in [0.1, 0.15) is 75.7 Å². The van der Waals surface area contributed by atoms with E-state index in [2.05, 4.69) is 82.4 Å². The van der Waals surface area contributed by atoms with Crippen LogP contribution >= 0.6 is 0 Å². The van der Waals surface area contributed by atoms with Crippen molar-refractivity contribution >= 4 is 11.8 Å². The molecule has 4 atom stereocenters. The number of pyridine rings is 1. The minimum absolute atomic E-state index is 0.0524. The number of carbonyl (C=O) groups is 2. The van der Waals surface area contributed by atoms with Crippen LogP contribution < -0.4 is 14.8 Å². The zero-order chi connectivity index (χ0) is 38.2. The van der Waals surface area contributed by atoms with Crippen molar-refractivity contribution in [2.75, 3.05) is 26.2 Å². The van der Waals surface area contributed by atoms with E-state index in [0.717, 1.165) is 61.3 Å². The van der Waals surface area contributed by atoms with Crippen molar-refractivity contribution in [1.29, 1.82) is 0 Å². The third kappa shape index (κ3) is 7.27. The van der Waals surface area contributed by atoms with E-state index < -0.39 is 6.04 Å². The van der Waals surface area contributed by atoms with Gasteiger partial charge in [0.05, 0.1) is 0 Å². The highest BCUT2D eigenvalue weighted by Gasteiger charge is 2.38. The van der Waals surface area contributed by atoms with Gasteiger partial charge in [-0.2, -0.15) is 0 Å². The van der Waals surface area contributed by atoms with Crippen LogP contribution in [0, 0.1) is 0 Å².